The minimum Gasteiger partial charge on any atom is -0.331 e. The third-order valence-corrected chi connectivity index (χ3v) is 2.68. The molecule has 2 amide bonds. The Kier molecular flexibility index (Phi) is 4.07. The second-order valence-electron chi connectivity index (χ2n) is 4.08. The number of hydrogen-bond donors (Lipinski definition) is 2. The highest BCUT2D eigenvalue weighted by atomic mass is 19.1. The van der Waals surface area contributed by atoms with E-state index in [9.17, 15) is 9.18 Å². The number of amides is 2. The van der Waals surface area contributed by atoms with E-state index in [-0.39, 0.29) is 11.7 Å². The van der Waals surface area contributed by atoms with Crippen LogP contribution in [0.15, 0.2) is 48.8 Å². The van der Waals surface area contributed by atoms with Crippen molar-refractivity contribution in [2.24, 2.45) is 0 Å². The number of pyridine rings is 1. The summed E-state index contributed by atoms with van der Waals surface area (Å²) in [6, 6.07) is 9.02. The van der Waals surface area contributed by atoms with Gasteiger partial charge in [0.2, 0.25) is 0 Å². The summed E-state index contributed by atoms with van der Waals surface area (Å²) in [7, 11) is 0. The van der Waals surface area contributed by atoms with E-state index in [2.05, 4.69) is 15.6 Å². The van der Waals surface area contributed by atoms with Gasteiger partial charge in [-0.3, -0.25) is 4.98 Å². The normalized spacial score (nSPS) is 11.7. The number of urea groups is 1. The van der Waals surface area contributed by atoms with E-state index in [4.69, 9.17) is 0 Å². The first-order valence-corrected chi connectivity index (χ1v) is 5.89. The number of benzene rings is 1. The fourth-order valence-corrected chi connectivity index (χ4v) is 1.65. The van der Waals surface area contributed by atoms with Crippen LogP contribution in [0.2, 0.25) is 0 Å². The largest absolute Gasteiger partial charge is 0.331 e. The van der Waals surface area contributed by atoms with Crippen molar-refractivity contribution in [3.8, 4) is 0 Å². The molecule has 2 N–H and O–H groups in total. The number of nitrogens with zero attached hydrogens (tertiary/aromatic N) is 1. The van der Waals surface area contributed by atoms with Crippen molar-refractivity contribution in [2.45, 2.75) is 13.0 Å². The molecule has 0 saturated carbocycles. The number of hydrogen-bond acceptors (Lipinski definition) is 2. The van der Waals surface area contributed by atoms with Crippen LogP contribution in [0.3, 0.4) is 0 Å². The fraction of sp³-hybridized carbons (Fsp3) is 0.143. The third-order valence-electron chi connectivity index (χ3n) is 2.68. The van der Waals surface area contributed by atoms with Crippen LogP contribution in [0.25, 0.3) is 0 Å². The topological polar surface area (TPSA) is 54.0 Å². The van der Waals surface area contributed by atoms with Gasteiger partial charge in [-0.2, -0.15) is 0 Å². The van der Waals surface area contributed by atoms with E-state index >= 15 is 0 Å². The Morgan fingerprint density at radius 3 is 2.58 bits per heavy atom. The first kappa shape index (κ1) is 13.0. The summed E-state index contributed by atoms with van der Waals surface area (Å²) >= 11 is 0. The molecule has 19 heavy (non-hydrogen) atoms. The summed E-state index contributed by atoms with van der Waals surface area (Å²) in [5, 5.41) is 5.20. The molecule has 0 unspecified atom stereocenters. The molecular formula is C14H14FN3O. The molecule has 0 aliphatic heterocycles. The van der Waals surface area contributed by atoms with Gasteiger partial charge < -0.3 is 10.6 Å². The monoisotopic (exact) mass is 259 g/mol. The molecule has 0 saturated heterocycles. The summed E-state index contributed by atoms with van der Waals surface area (Å²) in [4.78, 5) is 15.7. The molecule has 2 rings (SSSR count). The molecule has 1 aromatic carbocycles. The molecule has 1 atom stereocenters. The lowest BCUT2D eigenvalue weighted by molar-refractivity contribution is 0.249. The van der Waals surface area contributed by atoms with Crippen LogP contribution >= 0.6 is 0 Å². The summed E-state index contributed by atoms with van der Waals surface area (Å²) in [5.74, 6) is -0.464. The lowest BCUT2D eigenvalue weighted by atomic mass is 10.1. The Hall–Kier alpha value is -2.43. The highest BCUT2D eigenvalue weighted by Crippen LogP contribution is 2.14. The van der Waals surface area contributed by atoms with E-state index in [1.807, 2.05) is 19.1 Å². The molecule has 0 radical (unpaired) electrons. The third kappa shape index (κ3) is 3.51. The second-order valence-corrected chi connectivity index (χ2v) is 4.08. The zero-order valence-corrected chi connectivity index (χ0v) is 10.4. The highest BCUT2D eigenvalue weighted by molar-refractivity contribution is 5.89. The molecule has 5 heteroatoms. The first-order valence-electron chi connectivity index (χ1n) is 5.89. The summed E-state index contributed by atoms with van der Waals surface area (Å²) in [6.07, 6.45) is 3.31. The smallest absolute Gasteiger partial charge is 0.319 e. The van der Waals surface area contributed by atoms with Crippen LogP contribution in [0.4, 0.5) is 14.9 Å². The number of aromatic nitrogens is 1. The minimum absolute atomic E-state index is 0.155. The molecule has 1 heterocycles. The van der Waals surface area contributed by atoms with Gasteiger partial charge >= 0.3 is 6.03 Å². The van der Waals surface area contributed by atoms with Gasteiger partial charge in [0, 0.05) is 12.4 Å². The molecule has 0 bridgehead atoms. The zero-order chi connectivity index (χ0) is 13.7. The van der Waals surface area contributed by atoms with Gasteiger partial charge in [-0.15, -0.1) is 0 Å². The summed E-state index contributed by atoms with van der Waals surface area (Å²) < 4.78 is 13.4. The molecule has 0 aliphatic rings. The van der Waals surface area contributed by atoms with Crippen molar-refractivity contribution in [2.75, 3.05) is 5.32 Å². The predicted octanol–water partition coefficient (Wildman–Crippen LogP) is 3.10. The average Bonchev–Trinajstić information content (AvgIpc) is 2.42. The van der Waals surface area contributed by atoms with E-state index in [1.54, 1.807) is 24.5 Å². The Labute approximate surface area is 110 Å². The van der Waals surface area contributed by atoms with Gasteiger partial charge in [-0.05, 0) is 36.8 Å². The number of rotatable bonds is 3. The Morgan fingerprint density at radius 1 is 1.21 bits per heavy atom. The van der Waals surface area contributed by atoms with Crippen LogP contribution in [0.5, 0.6) is 0 Å². The van der Waals surface area contributed by atoms with Crippen molar-refractivity contribution < 1.29 is 9.18 Å². The first-order chi connectivity index (χ1) is 9.16. The SMILES string of the molecule is C[C@@H](NC(=O)Nc1ccccc1F)c1ccncc1. The Balaban J connectivity index is 1.97. The molecule has 2 aromatic rings. The number of nitrogens with one attached hydrogen (secondary N) is 2. The van der Waals surface area contributed by atoms with Gasteiger partial charge in [0.25, 0.3) is 0 Å². The van der Waals surface area contributed by atoms with Crippen molar-refractivity contribution in [3.63, 3.8) is 0 Å². The van der Waals surface area contributed by atoms with Crippen molar-refractivity contribution in [1.29, 1.82) is 0 Å². The molecule has 98 valence electrons. The quantitative estimate of drug-likeness (QED) is 0.889. The number of para-hydroxylation sites is 1. The van der Waals surface area contributed by atoms with Crippen LogP contribution in [-0.4, -0.2) is 11.0 Å². The summed E-state index contributed by atoms with van der Waals surface area (Å²) in [5.41, 5.74) is 1.08. The molecule has 0 fully saturated rings. The maximum absolute atomic E-state index is 13.4. The number of halogens is 1. The Morgan fingerprint density at radius 2 is 1.89 bits per heavy atom. The summed E-state index contributed by atoms with van der Waals surface area (Å²) in [6.45, 7) is 1.84. The lowest BCUT2D eigenvalue weighted by Crippen LogP contribution is -2.31. The highest BCUT2D eigenvalue weighted by Gasteiger charge is 2.10. The number of carbonyl (C=O) groups excluding carboxylic acids is 1. The van der Waals surface area contributed by atoms with Gasteiger partial charge in [-0.25, -0.2) is 9.18 Å². The second kappa shape index (κ2) is 5.95. The number of carbonyl (C=O) groups is 1. The standard InChI is InChI=1S/C14H14FN3O/c1-10(11-6-8-16-9-7-11)17-14(19)18-13-5-3-2-4-12(13)15/h2-10H,1H3,(H2,17,18,19)/t10-/m1/s1. The lowest BCUT2D eigenvalue weighted by Gasteiger charge is -2.15. The maximum atomic E-state index is 13.4. The van der Waals surface area contributed by atoms with Crippen LogP contribution < -0.4 is 10.6 Å². The van der Waals surface area contributed by atoms with E-state index in [1.165, 1.54) is 12.1 Å². The van der Waals surface area contributed by atoms with Gasteiger partial charge in [0.1, 0.15) is 5.82 Å². The van der Waals surface area contributed by atoms with Crippen molar-refractivity contribution >= 4 is 11.7 Å². The van der Waals surface area contributed by atoms with E-state index in [0.29, 0.717) is 0 Å². The number of anilines is 1. The van der Waals surface area contributed by atoms with Crippen molar-refractivity contribution in [1.82, 2.24) is 10.3 Å². The molecule has 4 nitrogen and oxygen atoms in total. The van der Waals surface area contributed by atoms with Crippen LogP contribution in [0, 0.1) is 5.82 Å². The van der Waals surface area contributed by atoms with Crippen LogP contribution in [-0.2, 0) is 0 Å². The van der Waals surface area contributed by atoms with Crippen molar-refractivity contribution in [3.05, 3.63) is 60.2 Å². The molecular weight excluding hydrogens is 245 g/mol. The average molecular weight is 259 g/mol. The maximum Gasteiger partial charge on any atom is 0.319 e. The molecule has 0 aliphatic carbocycles. The zero-order valence-electron chi connectivity index (χ0n) is 10.4. The van der Waals surface area contributed by atoms with E-state index < -0.39 is 11.8 Å². The molecule has 1 aromatic heterocycles. The molecule has 0 spiro atoms. The Bertz CT molecular complexity index is 560. The van der Waals surface area contributed by atoms with Gasteiger partial charge in [-0.1, -0.05) is 12.1 Å². The minimum atomic E-state index is -0.464. The predicted molar refractivity (Wildman–Crippen MR) is 71.2 cm³/mol. The van der Waals surface area contributed by atoms with Gasteiger partial charge in [0.05, 0.1) is 11.7 Å². The van der Waals surface area contributed by atoms with E-state index in [0.717, 1.165) is 5.56 Å². The van der Waals surface area contributed by atoms with Crippen LogP contribution in [0.1, 0.15) is 18.5 Å². The van der Waals surface area contributed by atoms with Gasteiger partial charge in [0.15, 0.2) is 0 Å². The fourth-order valence-electron chi connectivity index (χ4n) is 1.65.